The Kier molecular flexibility index (Phi) is 5.94. The molecule has 1 N–H and O–H groups in total. The smallest absolute Gasteiger partial charge is 0.0581 e. The van der Waals surface area contributed by atoms with Gasteiger partial charge in [0.25, 0.3) is 0 Å². The molecule has 2 heteroatoms. The first kappa shape index (κ1) is 15.0. The van der Waals surface area contributed by atoms with Gasteiger partial charge < -0.3 is 10.0 Å². The van der Waals surface area contributed by atoms with Crippen LogP contribution in [0.1, 0.15) is 59.3 Å². The molecule has 0 aliphatic heterocycles. The average Bonchev–Trinajstić information content (AvgIpc) is 2.24. The fourth-order valence-electron chi connectivity index (χ4n) is 3.03. The number of hydrogen-bond donors (Lipinski definition) is 1. The monoisotopic (exact) mass is 241 g/mol. The highest BCUT2D eigenvalue weighted by molar-refractivity contribution is 4.86. The quantitative estimate of drug-likeness (QED) is 0.721. The third-order valence-electron chi connectivity index (χ3n) is 4.17. The Balaban J connectivity index is 2.32. The summed E-state index contributed by atoms with van der Waals surface area (Å²) in [6.07, 6.45) is 7.16. The Morgan fingerprint density at radius 1 is 1.29 bits per heavy atom. The van der Waals surface area contributed by atoms with Crippen LogP contribution in [0.25, 0.3) is 0 Å². The highest BCUT2D eigenvalue weighted by Gasteiger charge is 2.34. The summed E-state index contributed by atoms with van der Waals surface area (Å²) in [5.74, 6) is 0.477. The van der Waals surface area contributed by atoms with Gasteiger partial charge in [-0.3, -0.25) is 0 Å². The van der Waals surface area contributed by atoms with Gasteiger partial charge in [-0.25, -0.2) is 0 Å². The van der Waals surface area contributed by atoms with Crippen LogP contribution in [0.5, 0.6) is 0 Å². The highest BCUT2D eigenvalue weighted by Crippen LogP contribution is 2.38. The van der Waals surface area contributed by atoms with Gasteiger partial charge in [-0.05, 0) is 50.6 Å². The molecular formula is C15H31NO. The van der Waals surface area contributed by atoms with E-state index in [-0.39, 0.29) is 6.10 Å². The van der Waals surface area contributed by atoms with E-state index in [0.29, 0.717) is 11.3 Å². The summed E-state index contributed by atoms with van der Waals surface area (Å²) < 4.78 is 0. The molecule has 0 aromatic heterocycles. The van der Waals surface area contributed by atoms with E-state index in [1.54, 1.807) is 0 Å². The second kappa shape index (κ2) is 6.75. The van der Waals surface area contributed by atoms with Crippen LogP contribution in [0, 0.1) is 11.3 Å². The van der Waals surface area contributed by atoms with Gasteiger partial charge in [-0.2, -0.15) is 0 Å². The minimum absolute atomic E-state index is 0.0725. The molecule has 0 amide bonds. The topological polar surface area (TPSA) is 23.5 Å². The lowest BCUT2D eigenvalue weighted by Gasteiger charge is -2.40. The summed E-state index contributed by atoms with van der Waals surface area (Å²) in [4.78, 5) is 2.41. The molecule has 2 atom stereocenters. The van der Waals surface area contributed by atoms with Crippen molar-refractivity contribution in [1.82, 2.24) is 4.90 Å². The number of aliphatic hydroxyl groups excluding tert-OH is 1. The van der Waals surface area contributed by atoms with E-state index in [2.05, 4.69) is 32.7 Å². The zero-order valence-electron chi connectivity index (χ0n) is 12.2. The molecular weight excluding hydrogens is 210 g/mol. The molecule has 1 rings (SSSR count). The number of unbranched alkanes of at least 4 members (excludes halogenated alkanes) is 2. The van der Waals surface area contributed by atoms with Gasteiger partial charge in [0.1, 0.15) is 0 Å². The summed E-state index contributed by atoms with van der Waals surface area (Å²) >= 11 is 0. The Morgan fingerprint density at radius 3 is 2.65 bits per heavy atom. The van der Waals surface area contributed by atoms with Gasteiger partial charge in [-0.1, -0.05) is 33.6 Å². The van der Waals surface area contributed by atoms with Crippen LogP contribution in [0.4, 0.5) is 0 Å². The van der Waals surface area contributed by atoms with Gasteiger partial charge in [-0.15, -0.1) is 0 Å². The van der Waals surface area contributed by atoms with E-state index in [0.717, 1.165) is 13.0 Å². The summed E-state index contributed by atoms with van der Waals surface area (Å²) in [7, 11) is 2.20. The minimum atomic E-state index is -0.0725. The summed E-state index contributed by atoms with van der Waals surface area (Å²) in [5.41, 5.74) is 0.425. The van der Waals surface area contributed by atoms with Gasteiger partial charge in [0, 0.05) is 6.54 Å². The van der Waals surface area contributed by atoms with Crippen molar-refractivity contribution in [3.63, 3.8) is 0 Å². The lowest BCUT2D eigenvalue weighted by molar-refractivity contribution is 0.00755. The van der Waals surface area contributed by atoms with Crippen molar-refractivity contribution in [1.29, 1.82) is 0 Å². The maximum atomic E-state index is 10.1. The van der Waals surface area contributed by atoms with Crippen LogP contribution in [0.3, 0.4) is 0 Å². The lowest BCUT2D eigenvalue weighted by Crippen LogP contribution is -2.40. The summed E-state index contributed by atoms with van der Waals surface area (Å²) in [6.45, 7) is 9.16. The average molecular weight is 241 g/mol. The van der Waals surface area contributed by atoms with Gasteiger partial charge in [0.15, 0.2) is 0 Å². The second-order valence-electron chi connectivity index (χ2n) is 6.70. The second-order valence-corrected chi connectivity index (χ2v) is 6.70. The molecule has 102 valence electrons. The first-order valence-electron chi connectivity index (χ1n) is 7.31. The van der Waals surface area contributed by atoms with Crippen LogP contribution in [0.15, 0.2) is 0 Å². The van der Waals surface area contributed by atoms with Crippen molar-refractivity contribution in [2.75, 3.05) is 20.1 Å². The van der Waals surface area contributed by atoms with E-state index in [1.165, 1.54) is 38.6 Å². The number of rotatable bonds is 6. The summed E-state index contributed by atoms with van der Waals surface area (Å²) in [6, 6.07) is 0. The Morgan fingerprint density at radius 2 is 2.00 bits per heavy atom. The molecule has 1 fully saturated rings. The predicted molar refractivity (Wildman–Crippen MR) is 74.2 cm³/mol. The SMILES string of the molecule is CCCCCN(C)CC1CC(C)(C)CCC1O. The third kappa shape index (κ3) is 5.39. The normalized spacial score (nSPS) is 28.6. The fourth-order valence-corrected chi connectivity index (χ4v) is 3.03. The Labute approximate surface area is 107 Å². The molecule has 1 saturated carbocycles. The molecule has 0 heterocycles. The number of aliphatic hydroxyl groups is 1. The van der Waals surface area contributed by atoms with Crippen molar-refractivity contribution in [2.45, 2.75) is 65.4 Å². The highest BCUT2D eigenvalue weighted by atomic mass is 16.3. The van der Waals surface area contributed by atoms with Crippen molar-refractivity contribution in [2.24, 2.45) is 11.3 Å². The maximum Gasteiger partial charge on any atom is 0.0581 e. The van der Waals surface area contributed by atoms with Crippen molar-refractivity contribution < 1.29 is 5.11 Å². The summed E-state index contributed by atoms with van der Waals surface area (Å²) in [5, 5.41) is 10.1. The molecule has 17 heavy (non-hydrogen) atoms. The lowest BCUT2D eigenvalue weighted by atomic mass is 9.71. The molecule has 0 aromatic rings. The van der Waals surface area contributed by atoms with Gasteiger partial charge in [0.2, 0.25) is 0 Å². The number of nitrogens with zero attached hydrogens (tertiary/aromatic N) is 1. The Bertz CT molecular complexity index is 215. The van der Waals surface area contributed by atoms with Gasteiger partial charge >= 0.3 is 0 Å². The van der Waals surface area contributed by atoms with Crippen molar-refractivity contribution in [3.8, 4) is 0 Å². The molecule has 1 aliphatic rings. The minimum Gasteiger partial charge on any atom is -0.393 e. The van der Waals surface area contributed by atoms with Gasteiger partial charge in [0.05, 0.1) is 6.10 Å². The van der Waals surface area contributed by atoms with Crippen LogP contribution in [0.2, 0.25) is 0 Å². The Hall–Kier alpha value is -0.0800. The van der Waals surface area contributed by atoms with E-state index in [9.17, 15) is 5.11 Å². The van der Waals surface area contributed by atoms with Crippen molar-refractivity contribution >= 4 is 0 Å². The van der Waals surface area contributed by atoms with Crippen LogP contribution >= 0.6 is 0 Å². The maximum absolute atomic E-state index is 10.1. The molecule has 0 radical (unpaired) electrons. The largest absolute Gasteiger partial charge is 0.393 e. The van der Waals surface area contributed by atoms with Crippen LogP contribution in [-0.4, -0.2) is 36.2 Å². The first-order valence-corrected chi connectivity index (χ1v) is 7.31. The third-order valence-corrected chi connectivity index (χ3v) is 4.17. The predicted octanol–water partition coefficient (Wildman–Crippen LogP) is 3.30. The van der Waals surface area contributed by atoms with E-state index < -0.39 is 0 Å². The molecule has 2 nitrogen and oxygen atoms in total. The first-order chi connectivity index (χ1) is 7.94. The van der Waals surface area contributed by atoms with E-state index in [4.69, 9.17) is 0 Å². The zero-order chi connectivity index (χ0) is 12.9. The zero-order valence-corrected chi connectivity index (χ0v) is 12.2. The molecule has 2 unspecified atom stereocenters. The number of hydrogen-bond acceptors (Lipinski definition) is 2. The molecule has 0 spiro atoms. The fraction of sp³-hybridized carbons (Fsp3) is 1.00. The van der Waals surface area contributed by atoms with Crippen molar-refractivity contribution in [3.05, 3.63) is 0 Å². The molecule has 0 saturated heterocycles. The van der Waals surface area contributed by atoms with E-state index >= 15 is 0 Å². The van der Waals surface area contributed by atoms with E-state index in [1.807, 2.05) is 0 Å². The molecule has 0 bridgehead atoms. The standard InChI is InChI=1S/C15H31NO/c1-5-6-7-10-16(4)12-13-11-15(2,3)9-8-14(13)17/h13-14,17H,5-12H2,1-4H3. The molecule has 1 aliphatic carbocycles. The molecule has 0 aromatic carbocycles. The van der Waals surface area contributed by atoms with Crippen LogP contribution in [-0.2, 0) is 0 Å². The van der Waals surface area contributed by atoms with Crippen LogP contribution < -0.4 is 0 Å².